The Balaban J connectivity index is 2.65. The number of nitrogens with two attached hydrogens (primary N) is 1. The average molecular weight is 244 g/mol. The van der Waals surface area contributed by atoms with Crippen LogP contribution in [0.3, 0.4) is 0 Å². The fourth-order valence-corrected chi connectivity index (χ4v) is 1.96. The minimum Gasteiger partial charge on any atom is -0.467 e. The zero-order valence-electron chi connectivity index (χ0n) is 10.3. The summed E-state index contributed by atoms with van der Waals surface area (Å²) in [5, 5.41) is 0. The molecule has 0 saturated carbocycles. The summed E-state index contributed by atoms with van der Waals surface area (Å²) in [6, 6.07) is -0.557. The largest absolute Gasteiger partial charge is 0.467 e. The van der Waals surface area contributed by atoms with Crippen LogP contribution in [0.4, 0.5) is 0 Å². The van der Waals surface area contributed by atoms with Crippen molar-refractivity contribution in [1.82, 2.24) is 4.90 Å². The van der Waals surface area contributed by atoms with Crippen molar-refractivity contribution >= 4 is 11.9 Å². The summed E-state index contributed by atoms with van der Waals surface area (Å²) in [4.78, 5) is 24.6. The molecule has 0 aliphatic carbocycles. The standard InChI is InChI=1S/C11H20N2O4/c1-3-4-17-8-5-9(11(15)16-2)13(7-8)10(14)6-12/h8-9H,3-7,12H2,1-2H3/t8-,9+/m1/s1. The van der Waals surface area contributed by atoms with Gasteiger partial charge in [0, 0.05) is 19.6 Å². The molecule has 17 heavy (non-hydrogen) atoms. The number of likely N-dealkylation sites (tertiary alicyclic amines) is 1. The summed E-state index contributed by atoms with van der Waals surface area (Å²) in [6.45, 7) is 2.95. The lowest BCUT2D eigenvalue weighted by Crippen LogP contribution is -2.44. The highest BCUT2D eigenvalue weighted by Gasteiger charge is 2.40. The maximum atomic E-state index is 11.6. The molecule has 1 heterocycles. The highest BCUT2D eigenvalue weighted by atomic mass is 16.5. The number of carbonyl (C=O) groups is 2. The topological polar surface area (TPSA) is 81.9 Å². The molecule has 1 saturated heterocycles. The van der Waals surface area contributed by atoms with Gasteiger partial charge >= 0.3 is 5.97 Å². The third-order valence-corrected chi connectivity index (χ3v) is 2.79. The van der Waals surface area contributed by atoms with E-state index >= 15 is 0 Å². The van der Waals surface area contributed by atoms with Gasteiger partial charge in [0.25, 0.3) is 0 Å². The second-order valence-corrected chi connectivity index (χ2v) is 4.02. The van der Waals surface area contributed by atoms with Crippen molar-refractivity contribution in [2.75, 3.05) is 26.8 Å². The molecule has 0 aromatic carbocycles. The van der Waals surface area contributed by atoms with E-state index in [1.807, 2.05) is 6.92 Å². The van der Waals surface area contributed by atoms with Crippen LogP contribution in [-0.4, -0.2) is 55.7 Å². The fraction of sp³-hybridized carbons (Fsp3) is 0.818. The van der Waals surface area contributed by atoms with Gasteiger partial charge in [-0.1, -0.05) is 6.92 Å². The van der Waals surface area contributed by atoms with Crippen LogP contribution in [0.5, 0.6) is 0 Å². The molecule has 1 fully saturated rings. The van der Waals surface area contributed by atoms with Crippen LogP contribution in [-0.2, 0) is 19.1 Å². The van der Waals surface area contributed by atoms with Crippen LogP contribution in [0.2, 0.25) is 0 Å². The molecule has 2 atom stereocenters. The zero-order valence-corrected chi connectivity index (χ0v) is 10.3. The van der Waals surface area contributed by atoms with E-state index in [0.29, 0.717) is 19.6 Å². The summed E-state index contributed by atoms with van der Waals surface area (Å²) >= 11 is 0. The van der Waals surface area contributed by atoms with Crippen molar-refractivity contribution in [2.24, 2.45) is 5.73 Å². The Labute approximate surface area is 101 Å². The lowest BCUT2D eigenvalue weighted by Gasteiger charge is -2.21. The molecule has 2 N–H and O–H groups in total. The Hall–Kier alpha value is -1.14. The third-order valence-electron chi connectivity index (χ3n) is 2.79. The second kappa shape index (κ2) is 6.56. The molecule has 0 bridgehead atoms. The number of rotatable bonds is 5. The summed E-state index contributed by atoms with van der Waals surface area (Å²) in [6.07, 6.45) is 1.29. The number of amides is 1. The molecule has 0 aromatic heterocycles. The molecule has 0 spiro atoms. The molecule has 98 valence electrons. The summed E-state index contributed by atoms with van der Waals surface area (Å²) < 4.78 is 10.2. The van der Waals surface area contributed by atoms with Gasteiger partial charge in [-0.2, -0.15) is 0 Å². The number of hydrogen-bond donors (Lipinski definition) is 1. The fourth-order valence-electron chi connectivity index (χ4n) is 1.96. The quantitative estimate of drug-likeness (QED) is 0.660. The first-order chi connectivity index (χ1) is 8.13. The van der Waals surface area contributed by atoms with E-state index in [9.17, 15) is 9.59 Å². The number of ether oxygens (including phenoxy) is 2. The Bertz CT molecular complexity index is 259. The zero-order chi connectivity index (χ0) is 12.8. The maximum absolute atomic E-state index is 11.6. The molecule has 0 radical (unpaired) electrons. The number of hydrogen-bond acceptors (Lipinski definition) is 5. The van der Waals surface area contributed by atoms with Crippen molar-refractivity contribution in [3.05, 3.63) is 0 Å². The number of esters is 1. The van der Waals surface area contributed by atoms with Crippen molar-refractivity contribution in [1.29, 1.82) is 0 Å². The Kier molecular flexibility index (Phi) is 5.37. The van der Waals surface area contributed by atoms with Crippen LogP contribution >= 0.6 is 0 Å². The minimum absolute atomic E-state index is 0.102. The van der Waals surface area contributed by atoms with Gasteiger partial charge in [0.2, 0.25) is 5.91 Å². The van der Waals surface area contributed by atoms with Crippen LogP contribution in [0.25, 0.3) is 0 Å². The van der Waals surface area contributed by atoms with Gasteiger partial charge in [-0.25, -0.2) is 4.79 Å². The lowest BCUT2D eigenvalue weighted by atomic mass is 10.2. The average Bonchev–Trinajstić information content (AvgIpc) is 2.78. The minimum atomic E-state index is -0.557. The van der Waals surface area contributed by atoms with Crippen LogP contribution < -0.4 is 5.73 Å². The summed E-state index contributed by atoms with van der Waals surface area (Å²) in [5.74, 6) is -0.655. The second-order valence-electron chi connectivity index (χ2n) is 4.02. The van der Waals surface area contributed by atoms with Crippen molar-refractivity contribution in [2.45, 2.75) is 31.9 Å². The van der Waals surface area contributed by atoms with Gasteiger partial charge in [0.1, 0.15) is 6.04 Å². The first-order valence-electron chi connectivity index (χ1n) is 5.83. The van der Waals surface area contributed by atoms with E-state index in [2.05, 4.69) is 4.74 Å². The molecule has 0 unspecified atom stereocenters. The normalized spacial score (nSPS) is 23.8. The van der Waals surface area contributed by atoms with E-state index in [1.165, 1.54) is 12.0 Å². The van der Waals surface area contributed by atoms with Gasteiger partial charge < -0.3 is 20.1 Å². The first kappa shape index (κ1) is 13.9. The highest BCUT2D eigenvalue weighted by Crippen LogP contribution is 2.21. The predicted octanol–water partition coefficient (Wildman–Crippen LogP) is -0.486. The van der Waals surface area contributed by atoms with E-state index in [1.54, 1.807) is 0 Å². The molecule has 1 aliphatic rings. The van der Waals surface area contributed by atoms with E-state index in [0.717, 1.165) is 6.42 Å². The molecule has 6 nitrogen and oxygen atoms in total. The van der Waals surface area contributed by atoms with Crippen molar-refractivity contribution in [3.8, 4) is 0 Å². The first-order valence-corrected chi connectivity index (χ1v) is 5.83. The van der Waals surface area contributed by atoms with E-state index in [-0.39, 0.29) is 18.6 Å². The van der Waals surface area contributed by atoms with E-state index < -0.39 is 12.0 Å². The molecule has 6 heteroatoms. The SMILES string of the molecule is CCCO[C@@H]1C[C@@H](C(=O)OC)N(C(=O)CN)C1. The van der Waals surface area contributed by atoms with E-state index in [4.69, 9.17) is 10.5 Å². The van der Waals surface area contributed by atoms with Crippen LogP contribution in [0.1, 0.15) is 19.8 Å². The molecular formula is C11H20N2O4. The van der Waals surface area contributed by atoms with Crippen molar-refractivity contribution in [3.63, 3.8) is 0 Å². The summed E-state index contributed by atoms with van der Waals surface area (Å²) in [7, 11) is 1.31. The lowest BCUT2D eigenvalue weighted by molar-refractivity contribution is -0.150. The van der Waals surface area contributed by atoms with Gasteiger partial charge in [-0.15, -0.1) is 0 Å². The summed E-state index contributed by atoms with van der Waals surface area (Å²) in [5.41, 5.74) is 5.32. The van der Waals surface area contributed by atoms with Gasteiger partial charge in [-0.05, 0) is 6.42 Å². The molecule has 0 aromatic rings. The Morgan fingerprint density at radius 3 is 2.71 bits per heavy atom. The van der Waals surface area contributed by atoms with Crippen LogP contribution in [0, 0.1) is 0 Å². The number of methoxy groups -OCH3 is 1. The molecule has 1 amide bonds. The Morgan fingerprint density at radius 2 is 2.18 bits per heavy atom. The maximum Gasteiger partial charge on any atom is 0.328 e. The molecule has 1 aliphatic heterocycles. The number of nitrogens with zero attached hydrogens (tertiary/aromatic N) is 1. The predicted molar refractivity (Wildman–Crippen MR) is 61.2 cm³/mol. The van der Waals surface area contributed by atoms with Crippen molar-refractivity contribution < 1.29 is 19.1 Å². The Morgan fingerprint density at radius 1 is 1.47 bits per heavy atom. The van der Waals surface area contributed by atoms with Gasteiger partial charge in [0.15, 0.2) is 0 Å². The monoisotopic (exact) mass is 244 g/mol. The highest BCUT2D eigenvalue weighted by molar-refractivity contribution is 5.86. The smallest absolute Gasteiger partial charge is 0.328 e. The third kappa shape index (κ3) is 3.41. The van der Waals surface area contributed by atoms with Crippen LogP contribution in [0.15, 0.2) is 0 Å². The van der Waals surface area contributed by atoms with Gasteiger partial charge in [-0.3, -0.25) is 4.79 Å². The molecule has 1 rings (SSSR count). The molecular weight excluding hydrogens is 224 g/mol. The van der Waals surface area contributed by atoms with Gasteiger partial charge in [0.05, 0.1) is 19.8 Å². The number of carbonyl (C=O) groups excluding carboxylic acids is 2.